The van der Waals surface area contributed by atoms with Crippen LogP contribution in [0.2, 0.25) is 0 Å². The Morgan fingerprint density at radius 1 is 1.19 bits per heavy atom. The fourth-order valence-electron chi connectivity index (χ4n) is 2.91. The van der Waals surface area contributed by atoms with Gasteiger partial charge in [-0.25, -0.2) is 4.79 Å². The zero-order chi connectivity index (χ0) is 15.7. The Bertz CT molecular complexity index is 397. The van der Waals surface area contributed by atoms with E-state index >= 15 is 0 Å². The molecule has 0 aromatic rings. The maximum absolute atomic E-state index is 12.2. The molecule has 4 nitrogen and oxygen atoms in total. The molecule has 1 fully saturated rings. The van der Waals surface area contributed by atoms with E-state index in [9.17, 15) is 19.4 Å². The maximum atomic E-state index is 12.2. The van der Waals surface area contributed by atoms with Crippen LogP contribution in [-0.4, -0.2) is 28.3 Å². The second kappa shape index (κ2) is 9.42. The van der Waals surface area contributed by atoms with Gasteiger partial charge in [-0.2, -0.15) is 0 Å². The van der Waals surface area contributed by atoms with Gasteiger partial charge in [-0.1, -0.05) is 51.5 Å². The van der Waals surface area contributed by atoms with Crippen molar-refractivity contribution in [1.82, 2.24) is 0 Å². The van der Waals surface area contributed by atoms with Crippen molar-refractivity contribution < 1.29 is 19.4 Å². The largest absolute Gasteiger partial charge is 0.478 e. The number of carboxylic acid groups (broad SMARTS) is 1. The van der Waals surface area contributed by atoms with Gasteiger partial charge in [0.15, 0.2) is 0 Å². The van der Waals surface area contributed by atoms with Crippen LogP contribution in [0.25, 0.3) is 0 Å². The summed E-state index contributed by atoms with van der Waals surface area (Å²) in [4.78, 5) is 21.3. The number of carbonyl (C=O) groups is 1. The molecule has 1 atom stereocenters. The SMILES string of the molecule is CCCCCCP(=O)(O)CC(=CC1CCCCC1)C(=O)O. The summed E-state index contributed by atoms with van der Waals surface area (Å²) in [7, 11) is -3.36. The molecule has 1 aliphatic rings. The smallest absolute Gasteiger partial charge is 0.331 e. The number of aliphatic carboxylic acids is 1. The lowest BCUT2D eigenvalue weighted by Gasteiger charge is -2.19. The monoisotopic (exact) mass is 316 g/mol. The molecule has 1 rings (SSSR count). The van der Waals surface area contributed by atoms with Crippen LogP contribution in [0.3, 0.4) is 0 Å². The molecule has 0 aliphatic heterocycles. The standard InChI is InChI=1S/C16H29O4P/c1-2-3-4-8-11-21(19,20)13-15(16(17)18)12-14-9-6-5-7-10-14/h12,14H,2-11,13H2,1H3,(H,17,18)(H,19,20). The van der Waals surface area contributed by atoms with E-state index < -0.39 is 13.3 Å². The fraction of sp³-hybridized carbons (Fsp3) is 0.812. The number of hydrogen-bond acceptors (Lipinski definition) is 2. The molecule has 0 saturated heterocycles. The highest BCUT2D eigenvalue weighted by Gasteiger charge is 2.24. The molecule has 0 aromatic carbocycles. The lowest BCUT2D eigenvalue weighted by atomic mass is 9.88. The number of rotatable bonds is 9. The molecule has 0 amide bonds. The quantitative estimate of drug-likeness (QED) is 0.375. The van der Waals surface area contributed by atoms with Crippen LogP contribution >= 0.6 is 7.37 Å². The Morgan fingerprint density at radius 3 is 2.43 bits per heavy atom. The molecule has 1 aliphatic carbocycles. The number of carboxylic acids is 1. The third kappa shape index (κ3) is 7.82. The second-order valence-corrected chi connectivity index (χ2v) is 8.64. The van der Waals surface area contributed by atoms with Crippen molar-refractivity contribution in [3.05, 3.63) is 11.6 Å². The van der Waals surface area contributed by atoms with Gasteiger partial charge in [-0.3, -0.25) is 4.57 Å². The summed E-state index contributed by atoms with van der Waals surface area (Å²) >= 11 is 0. The average molecular weight is 316 g/mol. The predicted octanol–water partition coefficient (Wildman–Crippen LogP) is 4.43. The summed E-state index contributed by atoms with van der Waals surface area (Å²) in [5.74, 6) is -0.770. The van der Waals surface area contributed by atoms with E-state index in [-0.39, 0.29) is 23.8 Å². The number of hydrogen-bond donors (Lipinski definition) is 2. The molecule has 0 aromatic heterocycles. The van der Waals surface area contributed by atoms with Crippen LogP contribution in [0.4, 0.5) is 0 Å². The molecule has 0 heterocycles. The lowest BCUT2D eigenvalue weighted by Crippen LogP contribution is -2.12. The van der Waals surface area contributed by atoms with Crippen molar-refractivity contribution >= 4 is 13.3 Å². The Morgan fingerprint density at radius 2 is 1.86 bits per heavy atom. The Labute approximate surface area is 128 Å². The van der Waals surface area contributed by atoms with Crippen molar-refractivity contribution in [3.63, 3.8) is 0 Å². The Balaban J connectivity index is 2.57. The van der Waals surface area contributed by atoms with Gasteiger partial charge in [0.2, 0.25) is 7.37 Å². The minimum absolute atomic E-state index is 0.142. The predicted molar refractivity (Wildman–Crippen MR) is 86.0 cm³/mol. The summed E-state index contributed by atoms with van der Waals surface area (Å²) in [6.07, 6.45) is 11.1. The zero-order valence-corrected chi connectivity index (χ0v) is 14.0. The first-order valence-electron chi connectivity index (χ1n) is 8.19. The summed E-state index contributed by atoms with van der Waals surface area (Å²) in [5, 5.41) is 9.28. The normalized spacial score (nSPS) is 20.2. The van der Waals surface area contributed by atoms with E-state index in [0.717, 1.165) is 44.9 Å². The van der Waals surface area contributed by atoms with Gasteiger partial charge >= 0.3 is 5.97 Å². The van der Waals surface area contributed by atoms with Gasteiger partial charge in [0.25, 0.3) is 0 Å². The van der Waals surface area contributed by atoms with Gasteiger partial charge in [-0.05, 0) is 25.2 Å². The molecule has 5 heteroatoms. The molecule has 21 heavy (non-hydrogen) atoms. The molecular formula is C16H29O4P. The summed E-state index contributed by atoms with van der Waals surface area (Å²) in [5.41, 5.74) is 0.142. The highest BCUT2D eigenvalue weighted by atomic mass is 31.2. The average Bonchev–Trinajstić information content (AvgIpc) is 2.44. The minimum Gasteiger partial charge on any atom is -0.478 e. The van der Waals surface area contributed by atoms with Gasteiger partial charge < -0.3 is 10.00 Å². The molecular weight excluding hydrogens is 287 g/mol. The first kappa shape index (κ1) is 18.4. The van der Waals surface area contributed by atoms with Crippen molar-refractivity contribution in [1.29, 1.82) is 0 Å². The van der Waals surface area contributed by atoms with Crippen molar-refractivity contribution in [2.75, 3.05) is 12.3 Å². The second-order valence-electron chi connectivity index (χ2n) is 6.18. The molecule has 1 saturated carbocycles. The fourth-order valence-corrected chi connectivity index (χ4v) is 4.56. The van der Waals surface area contributed by atoms with Crippen LogP contribution in [0, 0.1) is 5.92 Å². The van der Waals surface area contributed by atoms with Gasteiger partial charge in [-0.15, -0.1) is 0 Å². The number of unbranched alkanes of at least 4 members (excludes halogenated alkanes) is 3. The molecule has 1 unspecified atom stereocenters. The molecule has 0 bridgehead atoms. The highest BCUT2D eigenvalue weighted by Crippen LogP contribution is 2.44. The maximum Gasteiger partial charge on any atom is 0.331 e. The first-order valence-corrected chi connectivity index (χ1v) is 10.2. The van der Waals surface area contributed by atoms with E-state index in [0.29, 0.717) is 6.42 Å². The van der Waals surface area contributed by atoms with Gasteiger partial charge in [0, 0.05) is 11.7 Å². The topological polar surface area (TPSA) is 74.6 Å². The van der Waals surface area contributed by atoms with Gasteiger partial charge in [0.05, 0.1) is 6.16 Å². The van der Waals surface area contributed by atoms with Crippen LogP contribution in [0.15, 0.2) is 11.6 Å². The number of allylic oxidation sites excluding steroid dienone is 1. The Hall–Kier alpha value is -0.600. The van der Waals surface area contributed by atoms with Crippen molar-refractivity contribution in [2.45, 2.75) is 64.7 Å². The summed E-state index contributed by atoms with van der Waals surface area (Å²) < 4.78 is 12.2. The molecule has 122 valence electrons. The lowest BCUT2D eigenvalue weighted by molar-refractivity contribution is -0.132. The van der Waals surface area contributed by atoms with Crippen LogP contribution in [0.5, 0.6) is 0 Å². The summed E-state index contributed by atoms with van der Waals surface area (Å²) in [6, 6.07) is 0. The van der Waals surface area contributed by atoms with Crippen molar-refractivity contribution in [2.24, 2.45) is 5.92 Å². The zero-order valence-electron chi connectivity index (χ0n) is 13.1. The van der Waals surface area contributed by atoms with E-state index in [2.05, 4.69) is 6.92 Å². The summed E-state index contributed by atoms with van der Waals surface area (Å²) in [6.45, 7) is 2.09. The van der Waals surface area contributed by atoms with E-state index in [1.54, 1.807) is 6.08 Å². The Kier molecular flexibility index (Phi) is 8.28. The molecule has 0 radical (unpaired) electrons. The first-order chi connectivity index (χ1) is 9.94. The molecule has 2 N–H and O–H groups in total. The van der Waals surface area contributed by atoms with Crippen molar-refractivity contribution in [3.8, 4) is 0 Å². The minimum atomic E-state index is -3.36. The third-order valence-corrected chi connectivity index (χ3v) is 5.99. The van der Waals surface area contributed by atoms with Crippen LogP contribution in [0.1, 0.15) is 64.7 Å². The van der Waals surface area contributed by atoms with Gasteiger partial charge in [0.1, 0.15) is 0 Å². The third-order valence-electron chi connectivity index (χ3n) is 4.14. The van der Waals surface area contributed by atoms with Crippen LogP contribution < -0.4 is 0 Å². The molecule has 0 spiro atoms. The highest BCUT2D eigenvalue weighted by molar-refractivity contribution is 7.58. The van der Waals surface area contributed by atoms with Crippen LogP contribution in [-0.2, 0) is 9.36 Å². The van der Waals surface area contributed by atoms with E-state index in [1.807, 2.05) is 0 Å². The van der Waals surface area contributed by atoms with E-state index in [1.165, 1.54) is 6.42 Å². The van der Waals surface area contributed by atoms with E-state index in [4.69, 9.17) is 0 Å².